The fourth-order valence-electron chi connectivity index (χ4n) is 4.08. The van der Waals surface area contributed by atoms with E-state index < -0.39 is 0 Å². The van der Waals surface area contributed by atoms with Crippen molar-refractivity contribution in [2.24, 2.45) is 23.5 Å². The zero-order valence-corrected chi connectivity index (χ0v) is 12.1. The summed E-state index contributed by atoms with van der Waals surface area (Å²) in [7, 11) is 0. The van der Waals surface area contributed by atoms with E-state index in [1.807, 2.05) is 6.07 Å². The van der Waals surface area contributed by atoms with Crippen molar-refractivity contribution in [1.82, 2.24) is 0 Å². The molecule has 0 radical (unpaired) electrons. The Kier molecular flexibility index (Phi) is 3.57. The number of aryl methyl sites for hydroxylation is 1. The molecule has 2 bridgehead atoms. The molecule has 1 aromatic rings. The van der Waals surface area contributed by atoms with Gasteiger partial charge in [-0.05, 0) is 67.6 Å². The van der Waals surface area contributed by atoms with Crippen molar-refractivity contribution in [3.8, 4) is 0 Å². The van der Waals surface area contributed by atoms with Crippen LogP contribution in [-0.4, -0.2) is 0 Å². The van der Waals surface area contributed by atoms with Gasteiger partial charge in [0.25, 0.3) is 0 Å². The molecule has 0 spiro atoms. The molecule has 104 valence electrons. The molecule has 0 heterocycles. The summed E-state index contributed by atoms with van der Waals surface area (Å²) in [4.78, 5) is 0. The SMILES string of the molecule is Cc1cc(C(N)CC2CC3CCC2C3)c(Cl)cc1F. The quantitative estimate of drug-likeness (QED) is 0.860. The second-order valence-corrected chi connectivity index (χ2v) is 6.81. The standard InChI is InChI=1S/C16H21ClFN/c1-9-4-13(14(17)8-15(9)18)16(19)7-12-6-10-2-3-11(12)5-10/h4,8,10-12,16H,2-3,5-7,19H2,1H3. The van der Waals surface area contributed by atoms with Gasteiger partial charge in [-0.25, -0.2) is 4.39 Å². The number of fused-ring (bicyclic) bond motifs is 2. The second kappa shape index (κ2) is 5.06. The van der Waals surface area contributed by atoms with Gasteiger partial charge in [0.2, 0.25) is 0 Å². The van der Waals surface area contributed by atoms with Gasteiger partial charge in [0.1, 0.15) is 5.82 Å². The summed E-state index contributed by atoms with van der Waals surface area (Å²) in [6.07, 6.45) is 6.50. The summed E-state index contributed by atoms with van der Waals surface area (Å²) in [5.41, 5.74) is 7.85. The molecule has 1 nitrogen and oxygen atoms in total. The molecular formula is C16H21ClFN. The lowest BCUT2D eigenvalue weighted by Gasteiger charge is -2.25. The Morgan fingerprint density at radius 1 is 1.37 bits per heavy atom. The van der Waals surface area contributed by atoms with Crippen molar-refractivity contribution in [2.45, 2.75) is 45.1 Å². The monoisotopic (exact) mass is 281 g/mol. The van der Waals surface area contributed by atoms with Crippen LogP contribution in [0.5, 0.6) is 0 Å². The average Bonchev–Trinajstić information content (AvgIpc) is 2.95. The van der Waals surface area contributed by atoms with Gasteiger partial charge in [-0.1, -0.05) is 24.1 Å². The Balaban J connectivity index is 1.73. The van der Waals surface area contributed by atoms with E-state index >= 15 is 0 Å². The Morgan fingerprint density at radius 3 is 2.79 bits per heavy atom. The van der Waals surface area contributed by atoms with Crippen LogP contribution in [0.2, 0.25) is 5.02 Å². The zero-order chi connectivity index (χ0) is 13.6. The summed E-state index contributed by atoms with van der Waals surface area (Å²) in [6, 6.07) is 3.15. The first-order valence-electron chi connectivity index (χ1n) is 7.25. The highest BCUT2D eigenvalue weighted by Gasteiger charge is 2.40. The summed E-state index contributed by atoms with van der Waals surface area (Å²) < 4.78 is 13.4. The highest BCUT2D eigenvalue weighted by Crippen LogP contribution is 2.50. The number of nitrogens with two attached hydrogens (primary N) is 1. The maximum atomic E-state index is 13.4. The number of rotatable bonds is 3. The molecule has 2 fully saturated rings. The maximum absolute atomic E-state index is 13.4. The summed E-state index contributed by atoms with van der Waals surface area (Å²) in [5, 5.41) is 0.471. The van der Waals surface area contributed by atoms with Gasteiger partial charge in [-0.2, -0.15) is 0 Å². The minimum Gasteiger partial charge on any atom is -0.324 e. The minimum absolute atomic E-state index is 0.0591. The molecule has 2 saturated carbocycles. The van der Waals surface area contributed by atoms with E-state index in [9.17, 15) is 4.39 Å². The van der Waals surface area contributed by atoms with Crippen LogP contribution in [0.4, 0.5) is 4.39 Å². The normalized spacial score (nSPS) is 30.8. The van der Waals surface area contributed by atoms with Crippen LogP contribution in [0.1, 0.15) is 49.3 Å². The molecule has 2 N–H and O–H groups in total. The third kappa shape index (κ3) is 2.53. The smallest absolute Gasteiger partial charge is 0.127 e. The van der Waals surface area contributed by atoms with Crippen molar-refractivity contribution in [3.63, 3.8) is 0 Å². The molecule has 3 heteroatoms. The molecule has 0 saturated heterocycles. The van der Waals surface area contributed by atoms with Gasteiger partial charge in [0.15, 0.2) is 0 Å². The molecule has 1 aromatic carbocycles. The lowest BCUT2D eigenvalue weighted by molar-refractivity contribution is 0.296. The maximum Gasteiger partial charge on any atom is 0.127 e. The highest BCUT2D eigenvalue weighted by molar-refractivity contribution is 6.31. The molecular weight excluding hydrogens is 261 g/mol. The van der Waals surface area contributed by atoms with E-state index in [2.05, 4.69) is 0 Å². The van der Waals surface area contributed by atoms with E-state index in [1.54, 1.807) is 6.92 Å². The first-order chi connectivity index (χ1) is 9.04. The number of hydrogen-bond acceptors (Lipinski definition) is 1. The first-order valence-corrected chi connectivity index (χ1v) is 7.63. The highest BCUT2D eigenvalue weighted by atomic mass is 35.5. The van der Waals surface area contributed by atoms with Gasteiger partial charge in [-0.15, -0.1) is 0 Å². The molecule has 0 amide bonds. The molecule has 2 aliphatic carbocycles. The molecule has 0 aliphatic heterocycles. The van der Waals surface area contributed by atoms with Crippen molar-refractivity contribution in [2.75, 3.05) is 0 Å². The Morgan fingerprint density at radius 2 is 2.16 bits per heavy atom. The van der Waals surface area contributed by atoms with Gasteiger partial charge in [0.05, 0.1) is 0 Å². The van der Waals surface area contributed by atoms with Crippen molar-refractivity contribution in [3.05, 3.63) is 34.1 Å². The van der Waals surface area contributed by atoms with Gasteiger partial charge >= 0.3 is 0 Å². The second-order valence-electron chi connectivity index (χ2n) is 6.40. The molecule has 4 atom stereocenters. The lowest BCUT2D eigenvalue weighted by Crippen LogP contribution is -2.20. The lowest BCUT2D eigenvalue weighted by atomic mass is 9.83. The van der Waals surface area contributed by atoms with E-state index in [0.29, 0.717) is 10.6 Å². The van der Waals surface area contributed by atoms with Crippen LogP contribution in [0.3, 0.4) is 0 Å². The van der Waals surface area contributed by atoms with E-state index in [1.165, 1.54) is 31.7 Å². The predicted octanol–water partition coefficient (Wildman–Crippen LogP) is 4.61. The predicted molar refractivity (Wildman–Crippen MR) is 76.6 cm³/mol. The summed E-state index contributed by atoms with van der Waals surface area (Å²) in [5.74, 6) is 2.31. The number of benzene rings is 1. The number of hydrogen-bond donors (Lipinski definition) is 1. The van der Waals surface area contributed by atoms with E-state index in [0.717, 1.165) is 29.7 Å². The zero-order valence-electron chi connectivity index (χ0n) is 11.3. The molecule has 3 rings (SSSR count). The third-order valence-corrected chi connectivity index (χ3v) is 5.45. The minimum atomic E-state index is -0.249. The van der Waals surface area contributed by atoms with Crippen molar-refractivity contribution < 1.29 is 4.39 Å². The topological polar surface area (TPSA) is 26.0 Å². The Hall–Kier alpha value is -0.600. The summed E-state index contributed by atoms with van der Waals surface area (Å²) >= 11 is 6.14. The fourth-order valence-corrected chi connectivity index (χ4v) is 4.37. The van der Waals surface area contributed by atoms with E-state index in [-0.39, 0.29) is 11.9 Å². The summed E-state index contributed by atoms with van der Waals surface area (Å²) in [6.45, 7) is 1.76. The van der Waals surface area contributed by atoms with Crippen molar-refractivity contribution in [1.29, 1.82) is 0 Å². The van der Waals surface area contributed by atoms with Crippen LogP contribution in [0, 0.1) is 30.5 Å². The number of halogens is 2. The average molecular weight is 282 g/mol. The van der Waals surface area contributed by atoms with Crippen molar-refractivity contribution >= 4 is 11.6 Å². The van der Waals surface area contributed by atoms with Crippen LogP contribution < -0.4 is 5.73 Å². The molecule has 2 aliphatic rings. The van der Waals surface area contributed by atoms with Gasteiger partial charge < -0.3 is 5.73 Å². The van der Waals surface area contributed by atoms with Crippen LogP contribution in [-0.2, 0) is 0 Å². The fraction of sp³-hybridized carbons (Fsp3) is 0.625. The largest absolute Gasteiger partial charge is 0.324 e. The molecule has 19 heavy (non-hydrogen) atoms. The van der Waals surface area contributed by atoms with Gasteiger partial charge in [-0.3, -0.25) is 0 Å². The molecule has 0 aromatic heterocycles. The Labute approximate surface area is 119 Å². The molecule has 4 unspecified atom stereocenters. The van der Waals surface area contributed by atoms with Crippen LogP contribution in [0.15, 0.2) is 12.1 Å². The van der Waals surface area contributed by atoms with E-state index in [4.69, 9.17) is 17.3 Å². The van der Waals surface area contributed by atoms with Crippen LogP contribution in [0.25, 0.3) is 0 Å². The Bertz CT molecular complexity index is 488. The van der Waals surface area contributed by atoms with Crippen LogP contribution >= 0.6 is 11.6 Å². The first kappa shape index (κ1) is 13.4. The van der Waals surface area contributed by atoms with Gasteiger partial charge in [0, 0.05) is 11.1 Å². The third-order valence-electron chi connectivity index (χ3n) is 5.12.